The monoisotopic (exact) mass is 275 g/mol. The number of hydrogen-bond acceptors (Lipinski definition) is 6. The fourth-order valence-electron chi connectivity index (χ4n) is 1.58. The van der Waals surface area contributed by atoms with Crippen LogP contribution in [-0.4, -0.2) is 31.6 Å². The molecule has 1 aromatic rings. The lowest BCUT2D eigenvalue weighted by Crippen LogP contribution is -2.13. The molecule has 104 valence electrons. The Hall–Kier alpha value is -2.47. The number of ether oxygens (including phenoxy) is 3. The third-order valence-electron chi connectivity index (χ3n) is 2.40. The molecule has 1 aliphatic heterocycles. The molecule has 0 fully saturated rings. The number of cyclic esters (lactones) is 1. The minimum Gasteiger partial charge on any atom is -0.425 e. The summed E-state index contributed by atoms with van der Waals surface area (Å²) in [6, 6.07) is 6.66. The Kier molecular flexibility index (Phi) is 4.27. The SMILES string of the molecule is COCC(=O)Oc1ccc(/C=C2\N=C(C)OC2=O)cc1. The number of benzene rings is 1. The van der Waals surface area contributed by atoms with E-state index >= 15 is 0 Å². The van der Waals surface area contributed by atoms with Crippen LogP contribution in [0.15, 0.2) is 35.0 Å². The van der Waals surface area contributed by atoms with E-state index in [1.165, 1.54) is 7.11 Å². The fourth-order valence-corrected chi connectivity index (χ4v) is 1.58. The van der Waals surface area contributed by atoms with Crippen molar-refractivity contribution in [1.82, 2.24) is 0 Å². The summed E-state index contributed by atoms with van der Waals surface area (Å²) in [6.07, 6.45) is 1.60. The lowest BCUT2D eigenvalue weighted by Gasteiger charge is -2.03. The van der Waals surface area contributed by atoms with Gasteiger partial charge < -0.3 is 14.2 Å². The highest BCUT2D eigenvalue weighted by atomic mass is 16.6. The summed E-state index contributed by atoms with van der Waals surface area (Å²) in [5.41, 5.74) is 0.994. The van der Waals surface area contributed by atoms with Gasteiger partial charge in [-0.15, -0.1) is 0 Å². The Morgan fingerprint density at radius 2 is 2.05 bits per heavy atom. The first-order valence-electron chi connectivity index (χ1n) is 5.87. The maximum atomic E-state index is 11.4. The molecule has 0 radical (unpaired) electrons. The van der Waals surface area contributed by atoms with Gasteiger partial charge in [-0.25, -0.2) is 14.6 Å². The highest BCUT2D eigenvalue weighted by molar-refractivity contribution is 6.06. The van der Waals surface area contributed by atoms with Crippen LogP contribution in [0.25, 0.3) is 6.08 Å². The molecule has 0 aliphatic carbocycles. The van der Waals surface area contributed by atoms with Crippen LogP contribution in [0.1, 0.15) is 12.5 Å². The molecule has 0 unspecified atom stereocenters. The second-order valence-electron chi connectivity index (χ2n) is 4.03. The summed E-state index contributed by atoms with van der Waals surface area (Å²) in [6.45, 7) is 1.50. The number of carbonyl (C=O) groups excluding carboxylic acids is 2. The first kappa shape index (κ1) is 14.0. The summed E-state index contributed by atoms with van der Waals surface area (Å²) in [5, 5.41) is 0. The van der Waals surface area contributed by atoms with Crippen LogP contribution in [0, 0.1) is 0 Å². The zero-order chi connectivity index (χ0) is 14.5. The van der Waals surface area contributed by atoms with E-state index < -0.39 is 11.9 Å². The van der Waals surface area contributed by atoms with Gasteiger partial charge in [-0.05, 0) is 23.8 Å². The molecule has 0 saturated heterocycles. The third-order valence-corrected chi connectivity index (χ3v) is 2.40. The van der Waals surface area contributed by atoms with Crippen molar-refractivity contribution in [2.24, 2.45) is 4.99 Å². The van der Waals surface area contributed by atoms with E-state index in [2.05, 4.69) is 9.73 Å². The van der Waals surface area contributed by atoms with E-state index in [-0.39, 0.29) is 12.3 Å². The van der Waals surface area contributed by atoms with Crippen LogP contribution in [0.4, 0.5) is 0 Å². The minimum atomic E-state index is -0.474. The van der Waals surface area contributed by atoms with Gasteiger partial charge >= 0.3 is 11.9 Å². The number of hydrogen-bond donors (Lipinski definition) is 0. The predicted molar refractivity (Wildman–Crippen MR) is 71.1 cm³/mol. The molecule has 0 amide bonds. The van der Waals surface area contributed by atoms with Crippen molar-refractivity contribution in [3.8, 4) is 5.75 Å². The van der Waals surface area contributed by atoms with Crippen LogP contribution in [0.2, 0.25) is 0 Å². The number of esters is 2. The number of rotatable bonds is 4. The average molecular weight is 275 g/mol. The second-order valence-corrected chi connectivity index (χ2v) is 4.03. The standard InChI is InChI=1S/C14H13NO5/c1-9-15-12(14(17)19-9)7-10-3-5-11(6-4-10)20-13(16)8-18-2/h3-7H,8H2,1-2H3/b12-7-. The summed E-state index contributed by atoms with van der Waals surface area (Å²) >= 11 is 0. The van der Waals surface area contributed by atoms with E-state index in [4.69, 9.17) is 9.47 Å². The number of methoxy groups -OCH3 is 1. The molecule has 20 heavy (non-hydrogen) atoms. The molecule has 1 heterocycles. The Bertz CT molecular complexity index is 586. The molecule has 0 bridgehead atoms. The maximum Gasteiger partial charge on any atom is 0.363 e. The molecular formula is C14H13NO5. The topological polar surface area (TPSA) is 74.2 Å². The Labute approximate surface area is 115 Å². The van der Waals surface area contributed by atoms with Gasteiger partial charge in [-0.2, -0.15) is 0 Å². The van der Waals surface area contributed by atoms with Gasteiger partial charge in [0.25, 0.3) is 0 Å². The van der Waals surface area contributed by atoms with E-state index in [1.54, 1.807) is 37.3 Å². The van der Waals surface area contributed by atoms with Crippen LogP contribution in [0.5, 0.6) is 5.75 Å². The normalized spacial score (nSPS) is 16.0. The molecule has 2 rings (SSSR count). The summed E-state index contributed by atoms with van der Waals surface area (Å²) in [4.78, 5) is 26.6. The highest BCUT2D eigenvalue weighted by Crippen LogP contribution is 2.18. The number of aliphatic imine (C=N–C) groups is 1. The van der Waals surface area contributed by atoms with E-state index in [0.29, 0.717) is 11.6 Å². The quantitative estimate of drug-likeness (QED) is 0.473. The number of nitrogens with zero attached hydrogens (tertiary/aromatic N) is 1. The molecule has 6 nitrogen and oxygen atoms in total. The molecular weight excluding hydrogens is 262 g/mol. The summed E-state index contributed by atoms with van der Waals surface area (Å²) < 4.78 is 14.5. The summed E-state index contributed by atoms with van der Waals surface area (Å²) in [5.74, 6) is -0.217. The Balaban J connectivity index is 2.07. The number of carbonyl (C=O) groups is 2. The lowest BCUT2D eigenvalue weighted by atomic mass is 10.2. The molecule has 0 N–H and O–H groups in total. The van der Waals surface area contributed by atoms with Crippen LogP contribution < -0.4 is 4.74 Å². The van der Waals surface area contributed by atoms with Gasteiger partial charge in [0.15, 0.2) is 11.6 Å². The van der Waals surface area contributed by atoms with Gasteiger partial charge in [0.05, 0.1) is 0 Å². The first-order valence-corrected chi connectivity index (χ1v) is 5.87. The lowest BCUT2D eigenvalue weighted by molar-refractivity contribution is -0.138. The van der Waals surface area contributed by atoms with Crippen molar-refractivity contribution in [3.05, 3.63) is 35.5 Å². The van der Waals surface area contributed by atoms with Crippen molar-refractivity contribution in [3.63, 3.8) is 0 Å². The van der Waals surface area contributed by atoms with Crippen molar-refractivity contribution < 1.29 is 23.8 Å². The van der Waals surface area contributed by atoms with Crippen molar-refractivity contribution in [1.29, 1.82) is 0 Å². The minimum absolute atomic E-state index is 0.106. The molecule has 6 heteroatoms. The van der Waals surface area contributed by atoms with Gasteiger partial charge in [-0.3, -0.25) is 0 Å². The molecule has 0 atom stereocenters. The average Bonchev–Trinajstić information content (AvgIpc) is 2.70. The molecule has 0 spiro atoms. The maximum absolute atomic E-state index is 11.4. The zero-order valence-electron chi connectivity index (χ0n) is 11.1. The van der Waals surface area contributed by atoms with Gasteiger partial charge in [0.2, 0.25) is 0 Å². The molecule has 0 saturated carbocycles. The Morgan fingerprint density at radius 1 is 1.35 bits per heavy atom. The van der Waals surface area contributed by atoms with Crippen molar-refractivity contribution >= 4 is 23.9 Å². The van der Waals surface area contributed by atoms with Crippen LogP contribution in [0.3, 0.4) is 0 Å². The van der Waals surface area contributed by atoms with Crippen LogP contribution in [-0.2, 0) is 19.1 Å². The predicted octanol–water partition coefficient (Wildman–Crippen LogP) is 1.55. The largest absolute Gasteiger partial charge is 0.425 e. The fraction of sp³-hybridized carbons (Fsp3) is 0.214. The first-order chi connectivity index (χ1) is 9.58. The molecule has 0 aromatic heterocycles. The van der Waals surface area contributed by atoms with Crippen molar-refractivity contribution in [2.45, 2.75) is 6.92 Å². The highest BCUT2D eigenvalue weighted by Gasteiger charge is 2.19. The third kappa shape index (κ3) is 3.52. The Morgan fingerprint density at radius 3 is 2.60 bits per heavy atom. The molecule has 1 aromatic carbocycles. The van der Waals surface area contributed by atoms with Gasteiger partial charge in [-0.1, -0.05) is 12.1 Å². The van der Waals surface area contributed by atoms with Gasteiger partial charge in [0.1, 0.15) is 12.4 Å². The smallest absolute Gasteiger partial charge is 0.363 e. The zero-order valence-corrected chi connectivity index (χ0v) is 11.1. The van der Waals surface area contributed by atoms with Crippen LogP contribution >= 0.6 is 0 Å². The second kappa shape index (κ2) is 6.12. The van der Waals surface area contributed by atoms with E-state index in [1.807, 2.05) is 0 Å². The van der Waals surface area contributed by atoms with Gasteiger partial charge in [0, 0.05) is 14.0 Å². The van der Waals surface area contributed by atoms with Crippen molar-refractivity contribution in [2.75, 3.05) is 13.7 Å². The van der Waals surface area contributed by atoms with E-state index in [0.717, 1.165) is 5.56 Å². The summed E-state index contributed by atoms with van der Waals surface area (Å²) in [7, 11) is 1.42. The molecule has 1 aliphatic rings. The van der Waals surface area contributed by atoms with E-state index in [9.17, 15) is 9.59 Å².